The molecule has 0 radical (unpaired) electrons. The summed E-state index contributed by atoms with van der Waals surface area (Å²) in [6.45, 7) is 6.25. The normalized spacial score (nSPS) is 10.5. The first-order valence-electron chi connectivity index (χ1n) is 6.30. The third-order valence-electron chi connectivity index (χ3n) is 3.09. The van der Waals surface area contributed by atoms with Crippen molar-refractivity contribution >= 4 is 5.91 Å². The maximum absolute atomic E-state index is 11.9. The fourth-order valence-electron chi connectivity index (χ4n) is 2.00. The summed E-state index contributed by atoms with van der Waals surface area (Å²) in [6.07, 6.45) is 0.312. The lowest BCUT2D eigenvalue weighted by Crippen LogP contribution is -2.24. The van der Waals surface area contributed by atoms with Crippen LogP contribution >= 0.6 is 0 Å². The number of nitrogens with zero attached hydrogens (tertiary/aromatic N) is 1. The van der Waals surface area contributed by atoms with E-state index in [2.05, 4.69) is 16.5 Å². The number of rotatable bonds is 4. The third kappa shape index (κ3) is 3.44. The van der Waals surface area contributed by atoms with Crippen LogP contribution in [0, 0.1) is 20.8 Å². The average Bonchev–Trinajstić information content (AvgIpc) is 2.68. The monoisotopic (exact) mass is 258 g/mol. The second-order valence-electron chi connectivity index (χ2n) is 4.75. The van der Waals surface area contributed by atoms with Gasteiger partial charge in [0.2, 0.25) is 5.91 Å². The zero-order valence-corrected chi connectivity index (χ0v) is 11.5. The van der Waals surface area contributed by atoms with Crippen LogP contribution in [-0.2, 0) is 17.8 Å². The SMILES string of the molecule is Cc1cccc(CNC(=O)Cc2c(C)noc2C)c1. The molecule has 100 valence electrons. The lowest BCUT2D eigenvalue weighted by atomic mass is 10.1. The van der Waals surface area contributed by atoms with Crippen molar-refractivity contribution in [1.29, 1.82) is 0 Å². The number of carbonyl (C=O) groups is 1. The van der Waals surface area contributed by atoms with Gasteiger partial charge in [0.1, 0.15) is 5.76 Å². The van der Waals surface area contributed by atoms with E-state index >= 15 is 0 Å². The van der Waals surface area contributed by atoms with Crippen LogP contribution in [0.5, 0.6) is 0 Å². The van der Waals surface area contributed by atoms with Gasteiger partial charge in [-0.2, -0.15) is 0 Å². The molecule has 0 aliphatic rings. The van der Waals surface area contributed by atoms with E-state index in [1.165, 1.54) is 5.56 Å². The van der Waals surface area contributed by atoms with Crippen molar-refractivity contribution in [2.45, 2.75) is 33.7 Å². The van der Waals surface area contributed by atoms with Crippen molar-refractivity contribution < 1.29 is 9.32 Å². The molecule has 0 bridgehead atoms. The molecule has 0 saturated heterocycles. The van der Waals surface area contributed by atoms with Gasteiger partial charge in [-0.05, 0) is 26.3 Å². The first-order valence-corrected chi connectivity index (χ1v) is 6.30. The van der Waals surface area contributed by atoms with Gasteiger partial charge in [-0.25, -0.2) is 0 Å². The van der Waals surface area contributed by atoms with Crippen molar-refractivity contribution in [2.24, 2.45) is 0 Å². The molecule has 0 aliphatic carbocycles. The predicted molar refractivity (Wildman–Crippen MR) is 72.7 cm³/mol. The van der Waals surface area contributed by atoms with Gasteiger partial charge in [0.05, 0.1) is 12.1 Å². The summed E-state index contributed by atoms with van der Waals surface area (Å²) in [5.41, 5.74) is 3.95. The Morgan fingerprint density at radius 2 is 2.11 bits per heavy atom. The third-order valence-corrected chi connectivity index (χ3v) is 3.09. The summed E-state index contributed by atoms with van der Waals surface area (Å²) in [5.74, 6) is 0.694. The van der Waals surface area contributed by atoms with E-state index in [9.17, 15) is 4.79 Å². The summed E-state index contributed by atoms with van der Waals surface area (Å²) in [4.78, 5) is 11.9. The van der Waals surface area contributed by atoms with Gasteiger partial charge >= 0.3 is 0 Å². The summed E-state index contributed by atoms with van der Waals surface area (Å²) >= 11 is 0. The minimum absolute atomic E-state index is 0.0177. The molecule has 0 spiro atoms. The quantitative estimate of drug-likeness (QED) is 0.916. The first-order chi connectivity index (χ1) is 9.06. The molecule has 0 atom stereocenters. The molecule has 4 nitrogen and oxygen atoms in total. The maximum atomic E-state index is 11.9. The van der Waals surface area contributed by atoms with Gasteiger partial charge in [-0.1, -0.05) is 35.0 Å². The highest BCUT2D eigenvalue weighted by Crippen LogP contribution is 2.12. The van der Waals surface area contributed by atoms with Crippen molar-refractivity contribution in [1.82, 2.24) is 10.5 Å². The summed E-state index contributed by atoms with van der Waals surface area (Å²) < 4.78 is 5.04. The van der Waals surface area contributed by atoms with Crippen molar-refractivity contribution in [3.8, 4) is 0 Å². The predicted octanol–water partition coefficient (Wildman–Crippen LogP) is 2.46. The summed E-state index contributed by atoms with van der Waals surface area (Å²) in [7, 11) is 0. The average molecular weight is 258 g/mol. The molecule has 19 heavy (non-hydrogen) atoms. The van der Waals surface area contributed by atoms with Gasteiger partial charge in [-0.3, -0.25) is 4.79 Å². The molecule has 1 aromatic heterocycles. The molecule has 2 rings (SSSR count). The Balaban J connectivity index is 1.92. The van der Waals surface area contributed by atoms with E-state index in [0.717, 1.165) is 16.8 Å². The second kappa shape index (κ2) is 5.69. The Labute approximate surface area is 112 Å². The second-order valence-corrected chi connectivity index (χ2v) is 4.75. The lowest BCUT2D eigenvalue weighted by molar-refractivity contribution is -0.120. The van der Waals surface area contributed by atoms with Crippen LogP contribution in [0.3, 0.4) is 0 Å². The maximum Gasteiger partial charge on any atom is 0.224 e. The first kappa shape index (κ1) is 13.3. The number of aromatic nitrogens is 1. The van der Waals surface area contributed by atoms with Crippen LogP contribution in [0.25, 0.3) is 0 Å². The number of amides is 1. The van der Waals surface area contributed by atoms with Crippen LogP contribution < -0.4 is 5.32 Å². The zero-order valence-electron chi connectivity index (χ0n) is 11.5. The van der Waals surface area contributed by atoms with Crippen LogP contribution in [-0.4, -0.2) is 11.1 Å². The molecule has 0 saturated carbocycles. The Hall–Kier alpha value is -2.10. The van der Waals surface area contributed by atoms with Gasteiger partial charge < -0.3 is 9.84 Å². The number of nitrogens with one attached hydrogen (secondary N) is 1. The molecular weight excluding hydrogens is 240 g/mol. The van der Waals surface area contributed by atoms with Crippen molar-refractivity contribution in [3.05, 3.63) is 52.4 Å². The highest BCUT2D eigenvalue weighted by molar-refractivity contribution is 5.78. The molecule has 0 fully saturated rings. The Morgan fingerprint density at radius 3 is 2.74 bits per heavy atom. The van der Waals surface area contributed by atoms with Gasteiger partial charge in [0.15, 0.2) is 0 Å². The number of aryl methyl sites for hydroxylation is 3. The Morgan fingerprint density at radius 1 is 1.32 bits per heavy atom. The molecule has 0 aliphatic heterocycles. The molecular formula is C15H18N2O2. The van der Waals surface area contributed by atoms with E-state index in [4.69, 9.17) is 4.52 Å². The summed E-state index contributed by atoms with van der Waals surface area (Å²) in [5, 5.41) is 6.75. The van der Waals surface area contributed by atoms with E-state index in [0.29, 0.717) is 18.7 Å². The Bertz CT molecular complexity index is 568. The fraction of sp³-hybridized carbons (Fsp3) is 0.333. The largest absolute Gasteiger partial charge is 0.361 e. The molecule has 4 heteroatoms. The van der Waals surface area contributed by atoms with Gasteiger partial charge in [0, 0.05) is 12.1 Å². The smallest absolute Gasteiger partial charge is 0.224 e. The van der Waals surface area contributed by atoms with Crippen LogP contribution in [0.4, 0.5) is 0 Å². The standard InChI is InChI=1S/C15H18N2O2/c1-10-5-4-6-13(7-10)9-16-15(18)8-14-11(2)17-19-12(14)3/h4-7H,8-9H2,1-3H3,(H,16,18). The van der Waals surface area contributed by atoms with Crippen LogP contribution in [0.1, 0.15) is 28.1 Å². The minimum atomic E-state index is -0.0177. The van der Waals surface area contributed by atoms with Gasteiger partial charge in [-0.15, -0.1) is 0 Å². The molecule has 1 N–H and O–H groups in total. The van der Waals surface area contributed by atoms with E-state index in [1.807, 2.05) is 39.0 Å². The number of benzene rings is 1. The Kier molecular flexibility index (Phi) is 4.00. The van der Waals surface area contributed by atoms with E-state index in [-0.39, 0.29) is 5.91 Å². The lowest BCUT2D eigenvalue weighted by Gasteiger charge is -2.06. The van der Waals surface area contributed by atoms with Crippen molar-refractivity contribution in [3.63, 3.8) is 0 Å². The highest BCUT2D eigenvalue weighted by Gasteiger charge is 2.12. The summed E-state index contributed by atoms with van der Waals surface area (Å²) in [6, 6.07) is 8.10. The number of hydrogen-bond acceptors (Lipinski definition) is 3. The molecule has 0 unspecified atom stereocenters. The van der Waals surface area contributed by atoms with Crippen molar-refractivity contribution in [2.75, 3.05) is 0 Å². The van der Waals surface area contributed by atoms with E-state index < -0.39 is 0 Å². The molecule has 2 aromatic rings. The number of hydrogen-bond donors (Lipinski definition) is 1. The topological polar surface area (TPSA) is 55.1 Å². The highest BCUT2D eigenvalue weighted by atomic mass is 16.5. The minimum Gasteiger partial charge on any atom is -0.361 e. The molecule has 1 amide bonds. The molecule has 1 aromatic carbocycles. The fourth-order valence-corrected chi connectivity index (χ4v) is 2.00. The van der Waals surface area contributed by atoms with Crippen LogP contribution in [0.15, 0.2) is 28.8 Å². The number of carbonyl (C=O) groups excluding carboxylic acids is 1. The van der Waals surface area contributed by atoms with Crippen LogP contribution in [0.2, 0.25) is 0 Å². The zero-order chi connectivity index (χ0) is 13.8. The van der Waals surface area contributed by atoms with E-state index in [1.54, 1.807) is 0 Å². The van der Waals surface area contributed by atoms with Gasteiger partial charge in [0.25, 0.3) is 0 Å². The molecule has 1 heterocycles.